The van der Waals surface area contributed by atoms with Gasteiger partial charge >= 0.3 is 0 Å². The quantitative estimate of drug-likeness (QED) is 0.350. The molecule has 3 aromatic carbocycles. The van der Waals surface area contributed by atoms with E-state index in [1.807, 2.05) is 42.5 Å². The van der Waals surface area contributed by atoms with E-state index in [0.29, 0.717) is 5.92 Å². The zero-order valence-electron chi connectivity index (χ0n) is 20.6. The summed E-state index contributed by atoms with van der Waals surface area (Å²) < 4.78 is 5.77. The van der Waals surface area contributed by atoms with E-state index in [4.69, 9.17) is 4.74 Å². The number of benzene rings is 3. The van der Waals surface area contributed by atoms with Gasteiger partial charge in [-0.2, -0.15) is 0 Å². The summed E-state index contributed by atoms with van der Waals surface area (Å²) >= 11 is 0. The highest BCUT2D eigenvalue weighted by atomic mass is 16.5. The molecule has 3 nitrogen and oxygen atoms in total. The summed E-state index contributed by atoms with van der Waals surface area (Å²) in [6, 6.07) is 26.7. The van der Waals surface area contributed by atoms with Crippen LogP contribution in [-0.2, 0) is 13.0 Å². The molecule has 5 rings (SSSR count). The number of rotatable bonds is 3. The number of H-pyrrole nitrogens is 1. The van der Waals surface area contributed by atoms with E-state index in [0.717, 1.165) is 24.5 Å². The van der Waals surface area contributed by atoms with Crippen molar-refractivity contribution in [1.82, 2.24) is 9.88 Å². The number of nitrogens with zero attached hydrogens (tertiary/aromatic N) is 1. The molecule has 0 bridgehead atoms. The van der Waals surface area contributed by atoms with Gasteiger partial charge in [0.1, 0.15) is 11.5 Å². The average molecular weight is 441 g/mol. The monoisotopic (exact) mass is 440 g/mol. The number of nitrogens with one attached hydrogen (secondary N) is 1. The Balaban J connectivity index is 0.000000157. The first-order valence-electron chi connectivity index (χ1n) is 12.0. The fraction of sp³-hybridized carbons (Fsp3) is 0.333. The van der Waals surface area contributed by atoms with Crippen molar-refractivity contribution in [2.24, 2.45) is 0 Å². The van der Waals surface area contributed by atoms with Gasteiger partial charge in [0.05, 0.1) is 0 Å². The van der Waals surface area contributed by atoms with Gasteiger partial charge < -0.3 is 9.72 Å². The number of hydrogen-bond donors (Lipinski definition) is 1. The predicted molar refractivity (Wildman–Crippen MR) is 139 cm³/mol. The summed E-state index contributed by atoms with van der Waals surface area (Å²) in [6.45, 7) is 13.5. The lowest BCUT2D eigenvalue weighted by atomic mass is 9.98. The van der Waals surface area contributed by atoms with E-state index in [1.54, 1.807) is 0 Å². The Morgan fingerprint density at radius 2 is 1.55 bits per heavy atom. The van der Waals surface area contributed by atoms with Gasteiger partial charge in [-0.15, -0.1) is 0 Å². The van der Waals surface area contributed by atoms with Crippen LogP contribution in [0.3, 0.4) is 0 Å². The molecule has 0 unspecified atom stereocenters. The van der Waals surface area contributed by atoms with E-state index < -0.39 is 0 Å². The van der Waals surface area contributed by atoms with Crippen LogP contribution in [0.2, 0.25) is 0 Å². The number of ether oxygens (including phenoxy) is 1. The van der Waals surface area contributed by atoms with Crippen LogP contribution >= 0.6 is 0 Å². The van der Waals surface area contributed by atoms with Gasteiger partial charge in [0.25, 0.3) is 0 Å². The first kappa shape index (κ1) is 23.1. The highest BCUT2D eigenvalue weighted by Crippen LogP contribution is 2.30. The Hall–Kier alpha value is -3.04. The molecule has 2 heterocycles. The zero-order valence-corrected chi connectivity index (χ0v) is 20.6. The fourth-order valence-electron chi connectivity index (χ4n) is 4.33. The second kappa shape index (κ2) is 9.84. The van der Waals surface area contributed by atoms with Gasteiger partial charge in [-0.1, -0.05) is 62.4 Å². The summed E-state index contributed by atoms with van der Waals surface area (Å²) in [4.78, 5) is 6.12. The van der Waals surface area contributed by atoms with E-state index >= 15 is 0 Å². The van der Waals surface area contributed by atoms with Crippen LogP contribution in [0.1, 0.15) is 57.4 Å². The van der Waals surface area contributed by atoms with Crippen LogP contribution in [-0.4, -0.2) is 22.0 Å². The van der Waals surface area contributed by atoms with Crippen LogP contribution < -0.4 is 4.74 Å². The smallest absolute Gasteiger partial charge is 0.127 e. The summed E-state index contributed by atoms with van der Waals surface area (Å²) in [5, 5.41) is 1.41. The second-order valence-electron chi connectivity index (χ2n) is 10.1. The van der Waals surface area contributed by atoms with Gasteiger partial charge in [0.2, 0.25) is 0 Å². The van der Waals surface area contributed by atoms with Crippen LogP contribution in [0.5, 0.6) is 11.5 Å². The predicted octanol–water partition coefficient (Wildman–Crippen LogP) is 7.93. The van der Waals surface area contributed by atoms with Gasteiger partial charge in [0.15, 0.2) is 0 Å². The largest absolute Gasteiger partial charge is 0.457 e. The van der Waals surface area contributed by atoms with Crippen molar-refractivity contribution in [1.29, 1.82) is 0 Å². The van der Waals surface area contributed by atoms with Crippen LogP contribution in [0.4, 0.5) is 0 Å². The topological polar surface area (TPSA) is 28.3 Å². The average Bonchev–Trinajstić information content (AvgIpc) is 3.18. The van der Waals surface area contributed by atoms with Crippen LogP contribution in [0.15, 0.2) is 78.9 Å². The van der Waals surface area contributed by atoms with Crippen molar-refractivity contribution in [3.05, 3.63) is 95.7 Å². The standard InChI is InChI=1S/C15H20N2.C15H16O/c1-15(2,3)17-9-8-12-11-6-4-5-7-13(11)16-14(12)10-17;1-12(2)13-7-6-10-15(11-13)16-14-8-4-3-5-9-14/h4-7,16H,8-10H2,1-3H3;3-12H,1-2H3. The highest BCUT2D eigenvalue weighted by Gasteiger charge is 2.27. The summed E-state index contributed by atoms with van der Waals surface area (Å²) in [7, 11) is 0. The van der Waals surface area contributed by atoms with Gasteiger partial charge in [0, 0.05) is 35.2 Å². The third-order valence-electron chi connectivity index (χ3n) is 6.34. The van der Waals surface area contributed by atoms with E-state index in [-0.39, 0.29) is 5.54 Å². The highest BCUT2D eigenvalue weighted by molar-refractivity contribution is 5.84. The van der Waals surface area contributed by atoms with Crippen LogP contribution in [0, 0.1) is 0 Å². The Bertz CT molecular complexity index is 1180. The molecule has 0 atom stereocenters. The second-order valence-corrected chi connectivity index (χ2v) is 10.1. The van der Waals surface area contributed by atoms with Crippen molar-refractivity contribution in [2.75, 3.05) is 6.54 Å². The zero-order chi connectivity index (χ0) is 23.4. The maximum absolute atomic E-state index is 5.77. The lowest BCUT2D eigenvalue weighted by molar-refractivity contribution is 0.119. The Morgan fingerprint density at radius 1 is 0.848 bits per heavy atom. The minimum atomic E-state index is 0.259. The van der Waals surface area contributed by atoms with Crippen molar-refractivity contribution >= 4 is 10.9 Å². The van der Waals surface area contributed by atoms with Gasteiger partial charge in [-0.3, -0.25) is 4.90 Å². The van der Waals surface area contributed by atoms with Crippen LogP contribution in [0.25, 0.3) is 10.9 Å². The van der Waals surface area contributed by atoms with Crippen molar-refractivity contribution < 1.29 is 4.74 Å². The molecule has 1 aliphatic rings. The van der Waals surface area contributed by atoms with Gasteiger partial charge in [-0.25, -0.2) is 0 Å². The summed E-state index contributed by atoms with van der Waals surface area (Å²) in [5.41, 5.74) is 5.78. The maximum atomic E-state index is 5.77. The molecule has 0 radical (unpaired) electrons. The van der Waals surface area contributed by atoms with Crippen molar-refractivity contribution in [2.45, 2.75) is 59.0 Å². The molecule has 4 aromatic rings. The Morgan fingerprint density at radius 3 is 2.27 bits per heavy atom. The molecule has 172 valence electrons. The SMILES string of the molecule is CC(C)(C)N1CCc2c([nH]c3ccccc23)C1.CC(C)c1cccc(Oc2ccccc2)c1. The van der Waals surface area contributed by atoms with E-state index in [1.165, 1.54) is 34.3 Å². The molecule has 3 heteroatoms. The number of hydrogen-bond acceptors (Lipinski definition) is 2. The van der Waals surface area contributed by atoms with E-state index in [9.17, 15) is 0 Å². The first-order valence-corrected chi connectivity index (χ1v) is 12.0. The molecular formula is C30H36N2O. The molecule has 0 spiro atoms. The lowest BCUT2D eigenvalue weighted by Crippen LogP contribution is -2.44. The molecular weight excluding hydrogens is 404 g/mol. The molecule has 33 heavy (non-hydrogen) atoms. The molecule has 0 amide bonds. The summed E-state index contributed by atoms with van der Waals surface area (Å²) in [6.07, 6.45) is 1.16. The fourth-order valence-corrected chi connectivity index (χ4v) is 4.33. The molecule has 1 aromatic heterocycles. The van der Waals surface area contributed by atoms with Crippen molar-refractivity contribution in [3.8, 4) is 11.5 Å². The minimum Gasteiger partial charge on any atom is -0.457 e. The number of aromatic nitrogens is 1. The third-order valence-corrected chi connectivity index (χ3v) is 6.34. The third kappa shape index (κ3) is 5.66. The number of aromatic amines is 1. The molecule has 0 saturated heterocycles. The normalized spacial score (nSPS) is 14.0. The summed E-state index contributed by atoms with van der Waals surface area (Å²) in [5.74, 6) is 2.31. The molecule has 1 N–H and O–H groups in total. The number of para-hydroxylation sites is 2. The maximum Gasteiger partial charge on any atom is 0.127 e. The number of fused-ring (bicyclic) bond motifs is 3. The lowest BCUT2D eigenvalue weighted by Gasteiger charge is -2.38. The molecule has 0 saturated carbocycles. The van der Waals surface area contributed by atoms with Gasteiger partial charge in [-0.05, 0) is 74.6 Å². The first-order chi connectivity index (χ1) is 15.8. The minimum absolute atomic E-state index is 0.259. The Kier molecular flexibility index (Phi) is 6.90. The van der Waals surface area contributed by atoms with E-state index in [2.05, 4.69) is 80.9 Å². The molecule has 1 aliphatic heterocycles. The molecule has 0 aliphatic carbocycles. The molecule has 0 fully saturated rings. The Labute approximate surface area is 198 Å². The van der Waals surface area contributed by atoms with Crippen molar-refractivity contribution in [3.63, 3.8) is 0 Å².